The van der Waals surface area contributed by atoms with E-state index in [1.165, 1.54) is 63.4 Å². The van der Waals surface area contributed by atoms with Gasteiger partial charge in [-0.05, 0) is 140 Å². The van der Waals surface area contributed by atoms with Crippen molar-refractivity contribution in [2.75, 3.05) is 32.2 Å². The molecule has 0 aliphatic heterocycles. The monoisotopic (exact) mass is 1050 g/mol. The first-order chi connectivity index (χ1) is 36.6. The molecule has 4 unspecified atom stereocenters. The smallest absolute Gasteiger partial charge is 0.338 e. The van der Waals surface area contributed by atoms with Gasteiger partial charge in [0.2, 0.25) is 0 Å². The second kappa shape index (κ2) is 24.2. The maximum atomic E-state index is 14.4. The normalized spacial score (nSPS) is 19.6. The molecule has 404 valence electrons. The highest BCUT2D eigenvalue weighted by molar-refractivity contribution is 6.16. The summed E-state index contributed by atoms with van der Waals surface area (Å²) in [4.78, 5) is 120. The van der Waals surface area contributed by atoms with E-state index in [4.69, 9.17) is 28.4 Å². The van der Waals surface area contributed by atoms with Gasteiger partial charge in [-0.15, -0.1) is 0 Å². The largest absolute Gasteiger partial charge is 0.462 e. The Bertz CT molecular complexity index is 3030. The predicted molar refractivity (Wildman–Crippen MR) is 281 cm³/mol. The minimum Gasteiger partial charge on any atom is -0.462 e. The molecule has 4 saturated carbocycles. The van der Waals surface area contributed by atoms with E-state index in [0.717, 1.165) is 24.8 Å². The lowest BCUT2D eigenvalue weighted by atomic mass is 9.48. The van der Waals surface area contributed by atoms with E-state index >= 15 is 0 Å². The van der Waals surface area contributed by atoms with E-state index < -0.39 is 71.2 Å². The molecule has 17 heteroatoms. The standard InChI is InChI=1S/C60H64N2O15/c1-34(2)53(66)75-37(6)19-21-72-57(70)46-17-15-41(26-48(46)51(64)61-8)50(63)42-16-18-47(58(71)73-22-20-38(7)76-54(67)35(3)4)49(27-42)52(65)62-45-14-10-13-44(25-45)56(69)77-60-30-39-24-40(31-60)29-59(28-39,32-60)33-74-55(68)43-12-9-11-36(5)23-43/h9-18,23,25-27,37-40H,1,3,19-22,24,28-33H2,2,4-8H3,(H,61,64)(H,62,65). The van der Waals surface area contributed by atoms with Crippen molar-refractivity contribution in [1.29, 1.82) is 0 Å². The summed E-state index contributed by atoms with van der Waals surface area (Å²) in [5.74, 6) is -5.65. The van der Waals surface area contributed by atoms with Crippen molar-refractivity contribution in [2.45, 2.75) is 104 Å². The Kier molecular flexibility index (Phi) is 17.8. The van der Waals surface area contributed by atoms with Gasteiger partial charge in [0.05, 0.1) is 53.2 Å². The third kappa shape index (κ3) is 14.0. The number of nitrogens with one attached hydrogen (secondary N) is 2. The zero-order valence-electron chi connectivity index (χ0n) is 44.2. The first-order valence-electron chi connectivity index (χ1n) is 25.6. The molecule has 4 bridgehead atoms. The van der Waals surface area contributed by atoms with E-state index in [-0.39, 0.29) is 93.9 Å². The molecule has 0 saturated heterocycles. The predicted octanol–water partition coefficient (Wildman–Crippen LogP) is 9.30. The van der Waals surface area contributed by atoms with Crippen molar-refractivity contribution in [3.8, 4) is 0 Å². The van der Waals surface area contributed by atoms with Gasteiger partial charge in [0.15, 0.2) is 5.78 Å². The number of hydrogen-bond donors (Lipinski definition) is 2. The Labute approximate surface area is 447 Å². The zero-order valence-corrected chi connectivity index (χ0v) is 44.2. The van der Waals surface area contributed by atoms with Crippen molar-refractivity contribution >= 4 is 59.1 Å². The average molecular weight is 1050 g/mol. The summed E-state index contributed by atoms with van der Waals surface area (Å²) in [5, 5.41) is 5.20. The van der Waals surface area contributed by atoms with E-state index in [2.05, 4.69) is 23.8 Å². The zero-order chi connectivity index (χ0) is 55.8. The number of ether oxygens (including phenoxy) is 6. The third-order valence-corrected chi connectivity index (χ3v) is 14.1. The second-order valence-corrected chi connectivity index (χ2v) is 20.8. The molecular weight excluding hydrogens is 989 g/mol. The summed E-state index contributed by atoms with van der Waals surface area (Å²) in [6.45, 7) is 15.1. The Morgan fingerprint density at radius 3 is 1.64 bits per heavy atom. The van der Waals surface area contributed by atoms with Crippen molar-refractivity contribution in [2.24, 2.45) is 17.3 Å². The summed E-state index contributed by atoms with van der Waals surface area (Å²) in [6, 6.07) is 20.9. The number of benzene rings is 4. The van der Waals surface area contributed by atoms with E-state index in [9.17, 15) is 43.2 Å². The summed E-state index contributed by atoms with van der Waals surface area (Å²) < 4.78 is 33.8. The molecule has 77 heavy (non-hydrogen) atoms. The van der Waals surface area contributed by atoms with Crippen LogP contribution in [0.4, 0.5) is 5.69 Å². The number of aryl methyl sites for hydroxylation is 1. The van der Waals surface area contributed by atoms with Crippen LogP contribution in [0.3, 0.4) is 0 Å². The van der Waals surface area contributed by atoms with E-state index in [1.807, 2.05) is 19.1 Å². The molecular formula is C60H64N2O15. The number of ketones is 1. The van der Waals surface area contributed by atoms with E-state index in [1.54, 1.807) is 44.2 Å². The van der Waals surface area contributed by atoms with Crippen LogP contribution in [0.1, 0.15) is 163 Å². The molecule has 4 atom stereocenters. The Morgan fingerprint density at radius 2 is 1.12 bits per heavy atom. The molecule has 4 aromatic carbocycles. The van der Waals surface area contributed by atoms with Crippen molar-refractivity contribution < 1.29 is 71.6 Å². The molecule has 4 aliphatic rings. The fourth-order valence-corrected chi connectivity index (χ4v) is 10.8. The minimum atomic E-state index is -0.934. The molecule has 0 heterocycles. The molecule has 17 nitrogen and oxygen atoms in total. The third-order valence-electron chi connectivity index (χ3n) is 14.1. The highest BCUT2D eigenvalue weighted by Crippen LogP contribution is 2.63. The van der Waals surface area contributed by atoms with Gasteiger partial charge in [-0.3, -0.25) is 14.4 Å². The number of carbonyl (C=O) groups excluding carboxylic acids is 9. The molecule has 0 radical (unpaired) electrons. The minimum absolute atomic E-state index is 0.0557. The summed E-state index contributed by atoms with van der Waals surface area (Å²) in [5.41, 5.74) is 0.0598. The lowest BCUT2D eigenvalue weighted by molar-refractivity contribution is -0.177. The average Bonchev–Trinajstić information content (AvgIpc) is 3.39. The molecule has 4 fully saturated rings. The van der Waals surface area contributed by atoms with Gasteiger partial charge in [-0.25, -0.2) is 28.8 Å². The van der Waals surface area contributed by atoms with Gasteiger partial charge < -0.3 is 39.1 Å². The Balaban J connectivity index is 1.09. The lowest BCUT2D eigenvalue weighted by Gasteiger charge is -2.60. The van der Waals surface area contributed by atoms with Gasteiger partial charge in [-0.1, -0.05) is 49.1 Å². The lowest BCUT2D eigenvalue weighted by Crippen LogP contribution is -2.58. The first kappa shape index (κ1) is 56.5. The molecule has 2 amide bonds. The van der Waals surface area contributed by atoms with Crippen LogP contribution in [0.5, 0.6) is 0 Å². The number of carbonyl (C=O) groups is 9. The summed E-state index contributed by atoms with van der Waals surface area (Å²) in [7, 11) is 1.34. The van der Waals surface area contributed by atoms with Crippen molar-refractivity contribution in [3.05, 3.63) is 159 Å². The molecule has 0 aromatic heterocycles. The molecule has 4 aliphatic carbocycles. The fourth-order valence-electron chi connectivity index (χ4n) is 10.8. The number of esters is 6. The van der Waals surface area contributed by atoms with Crippen molar-refractivity contribution in [3.63, 3.8) is 0 Å². The number of amides is 2. The number of rotatable bonds is 22. The van der Waals surface area contributed by atoms with Crippen LogP contribution in [0, 0.1) is 24.2 Å². The highest BCUT2D eigenvalue weighted by atomic mass is 16.6. The maximum Gasteiger partial charge on any atom is 0.338 e. The van der Waals surface area contributed by atoms with Gasteiger partial charge in [0, 0.05) is 53.3 Å². The molecule has 4 aromatic rings. The van der Waals surface area contributed by atoms with Crippen LogP contribution >= 0.6 is 0 Å². The Morgan fingerprint density at radius 1 is 0.597 bits per heavy atom. The van der Waals surface area contributed by atoms with E-state index in [0.29, 0.717) is 36.7 Å². The molecule has 2 N–H and O–H groups in total. The van der Waals surface area contributed by atoms with Crippen LogP contribution in [0.25, 0.3) is 0 Å². The SMILES string of the molecule is C=C(C)C(=O)OC(C)CCOC(=O)c1ccc(C(=O)c2ccc(C(=O)OCCC(C)OC(=O)C(=C)C)c(C(=O)Nc3cccc(C(=O)OC45CC6CC(CC(COC(=O)c7cccc(C)c7)(C6)C4)C5)c3)c2)cc1C(=O)NC. The van der Waals surface area contributed by atoms with Crippen LogP contribution in [0.15, 0.2) is 109 Å². The second-order valence-electron chi connectivity index (χ2n) is 20.8. The van der Waals surface area contributed by atoms with Gasteiger partial charge in [0.1, 0.15) is 17.8 Å². The van der Waals surface area contributed by atoms with Gasteiger partial charge in [-0.2, -0.15) is 0 Å². The molecule has 8 rings (SSSR count). The topological polar surface area (TPSA) is 233 Å². The summed E-state index contributed by atoms with van der Waals surface area (Å²) >= 11 is 0. The Hall–Kier alpha value is -8.21. The summed E-state index contributed by atoms with van der Waals surface area (Å²) in [6.07, 6.45) is 3.68. The number of anilines is 1. The van der Waals surface area contributed by atoms with Crippen LogP contribution < -0.4 is 10.6 Å². The highest BCUT2D eigenvalue weighted by Gasteiger charge is 2.60. The maximum absolute atomic E-state index is 14.4. The number of hydrogen-bond acceptors (Lipinski definition) is 15. The van der Waals surface area contributed by atoms with Crippen molar-refractivity contribution in [1.82, 2.24) is 5.32 Å². The van der Waals surface area contributed by atoms with Crippen LogP contribution in [-0.2, 0) is 38.0 Å². The first-order valence-corrected chi connectivity index (χ1v) is 25.6. The quantitative estimate of drug-likeness (QED) is 0.0323. The van der Waals surface area contributed by atoms with Gasteiger partial charge >= 0.3 is 35.8 Å². The van der Waals surface area contributed by atoms with Crippen LogP contribution in [0.2, 0.25) is 0 Å². The molecule has 0 spiro atoms. The van der Waals surface area contributed by atoms with Gasteiger partial charge in [0.25, 0.3) is 11.8 Å². The van der Waals surface area contributed by atoms with Crippen LogP contribution in [-0.4, -0.2) is 98.1 Å². The fraction of sp³-hybridized carbons (Fsp3) is 0.383.